The van der Waals surface area contributed by atoms with Crippen LogP contribution in [0.4, 0.5) is 4.39 Å². The van der Waals surface area contributed by atoms with Gasteiger partial charge in [0, 0.05) is 32.6 Å². The summed E-state index contributed by atoms with van der Waals surface area (Å²) in [7, 11) is 0. The minimum Gasteiger partial charge on any atom is -0.456 e. The molecule has 0 bridgehead atoms. The van der Waals surface area contributed by atoms with Crippen LogP contribution >= 0.6 is 0 Å². The topological polar surface area (TPSA) is 60.5 Å². The van der Waals surface area contributed by atoms with Gasteiger partial charge in [0.15, 0.2) is 5.76 Å². The number of aryl methyl sites for hydroxylation is 1. The molecule has 1 aromatic carbocycles. The quantitative estimate of drug-likeness (QED) is 0.858. The lowest BCUT2D eigenvalue weighted by atomic mass is 10.1. The van der Waals surface area contributed by atoms with Crippen molar-refractivity contribution in [2.45, 2.75) is 19.4 Å². The standard InChI is InChI=1S/C19H20FN3O2/c1-2-16-7-8-18(25-16)19(24)23-11-9-22(10-12-23)17(13-21)14-3-5-15(20)6-4-14/h3-8,17H,2,9-12H2,1H3/t17-/m1/s1. The van der Waals surface area contributed by atoms with Crippen molar-refractivity contribution in [3.05, 3.63) is 59.3 Å². The maximum atomic E-state index is 13.1. The van der Waals surface area contributed by atoms with Crippen molar-refractivity contribution >= 4 is 5.91 Å². The number of piperazine rings is 1. The molecular formula is C19H20FN3O2. The molecule has 3 rings (SSSR count). The van der Waals surface area contributed by atoms with Crippen molar-refractivity contribution in [1.29, 1.82) is 5.26 Å². The van der Waals surface area contributed by atoms with Gasteiger partial charge in [-0.3, -0.25) is 9.69 Å². The van der Waals surface area contributed by atoms with Gasteiger partial charge in [0.1, 0.15) is 17.6 Å². The number of hydrogen-bond donors (Lipinski definition) is 0. The van der Waals surface area contributed by atoms with Crippen LogP contribution in [0.2, 0.25) is 0 Å². The first-order valence-electron chi connectivity index (χ1n) is 8.39. The molecule has 2 aromatic rings. The van der Waals surface area contributed by atoms with Crippen molar-refractivity contribution < 1.29 is 13.6 Å². The van der Waals surface area contributed by atoms with Crippen molar-refractivity contribution in [2.24, 2.45) is 0 Å². The third-order valence-electron chi connectivity index (χ3n) is 4.50. The van der Waals surface area contributed by atoms with Gasteiger partial charge >= 0.3 is 0 Å². The summed E-state index contributed by atoms with van der Waals surface area (Å²) in [6.45, 7) is 4.20. The van der Waals surface area contributed by atoms with E-state index in [0.717, 1.165) is 17.7 Å². The van der Waals surface area contributed by atoms with Crippen molar-refractivity contribution in [3.63, 3.8) is 0 Å². The fraction of sp³-hybridized carbons (Fsp3) is 0.368. The van der Waals surface area contributed by atoms with E-state index >= 15 is 0 Å². The first-order chi connectivity index (χ1) is 12.1. The summed E-state index contributed by atoms with van der Waals surface area (Å²) in [5.41, 5.74) is 0.766. The Morgan fingerprint density at radius 1 is 1.20 bits per heavy atom. The van der Waals surface area contributed by atoms with Gasteiger partial charge in [0.2, 0.25) is 0 Å². The van der Waals surface area contributed by atoms with E-state index in [2.05, 4.69) is 6.07 Å². The number of amides is 1. The third-order valence-corrected chi connectivity index (χ3v) is 4.50. The average molecular weight is 341 g/mol. The lowest BCUT2D eigenvalue weighted by molar-refractivity contribution is 0.0575. The highest BCUT2D eigenvalue weighted by Gasteiger charge is 2.28. The van der Waals surface area contributed by atoms with Crippen LogP contribution in [-0.2, 0) is 6.42 Å². The summed E-state index contributed by atoms with van der Waals surface area (Å²) >= 11 is 0. The average Bonchev–Trinajstić information content (AvgIpc) is 3.13. The summed E-state index contributed by atoms with van der Waals surface area (Å²) in [6.07, 6.45) is 0.753. The Morgan fingerprint density at radius 2 is 1.88 bits per heavy atom. The number of furan rings is 1. The van der Waals surface area contributed by atoms with Crippen LogP contribution in [0.25, 0.3) is 0 Å². The summed E-state index contributed by atoms with van der Waals surface area (Å²) in [4.78, 5) is 16.2. The van der Waals surface area contributed by atoms with Gasteiger partial charge in [0.05, 0.1) is 6.07 Å². The van der Waals surface area contributed by atoms with Crippen LogP contribution in [-0.4, -0.2) is 41.9 Å². The van der Waals surface area contributed by atoms with Crippen molar-refractivity contribution in [1.82, 2.24) is 9.80 Å². The van der Waals surface area contributed by atoms with Gasteiger partial charge in [-0.25, -0.2) is 4.39 Å². The van der Waals surface area contributed by atoms with E-state index in [4.69, 9.17) is 4.42 Å². The zero-order chi connectivity index (χ0) is 17.8. The zero-order valence-corrected chi connectivity index (χ0v) is 14.1. The maximum Gasteiger partial charge on any atom is 0.289 e. The Labute approximate surface area is 146 Å². The molecule has 0 spiro atoms. The Balaban J connectivity index is 1.63. The van der Waals surface area contributed by atoms with E-state index < -0.39 is 6.04 Å². The number of benzene rings is 1. The predicted molar refractivity (Wildman–Crippen MR) is 90.3 cm³/mol. The van der Waals surface area contributed by atoms with E-state index in [1.54, 1.807) is 23.1 Å². The summed E-state index contributed by atoms with van der Waals surface area (Å²) in [6, 6.07) is 11.4. The fourth-order valence-corrected chi connectivity index (χ4v) is 3.03. The lowest BCUT2D eigenvalue weighted by Crippen LogP contribution is -2.49. The molecule has 0 saturated carbocycles. The largest absolute Gasteiger partial charge is 0.456 e. The molecule has 0 unspecified atom stereocenters. The zero-order valence-electron chi connectivity index (χ0n) is 14.1. The molecule has 130 valence electrons. The second-order valence-corrected chi connectivity index (χ2v) is 6.03. The van der Waals surface area contributed by atoms with Crippen molar-refractivity contribution in [3.8, 4) is 6.07 Å². The number of carbonyl (C=O) groups is 1. The fourth-order valence-electron chi connectivity index (χ4n) is 3.03. The van der Waals surface area contributed by atoms with Gasteiger partial charge in [0.25, 0.3) is 5.91 Å². The van der Waals surface area contributed by atoms with Gasteiger partial charge in [-0.1, -0.05) is 19.1 Å². The smallest absolute Gasteiger partial charge is 0.289 e. The lowest BCUT2D eigenvalue weighted by Gasteiger charge is -2.36. The van der Waals surface area contributed by atoms with Crippen LogP contribution in [0.15, 0.2) is 40.8 Å². The predicted octanol–water partition coefficient (Wildman–Crippen LogP) is 3.00. The summed E-state index contributed by atoms with van der Waals surface area (Å²) in [5, 5.41) is 9.50. The Hall–Kier alpha value is -2.65. The van der Waals surface area contributed by atoms with Crippen molar-refractivity contribution in [2.75, 3.05) is 26.2 Å². The number of nitrogens with zero attached hydrogens (tertiary/aromatic N) is 3. The molecule has 1 aromatic heterocycles. The molecule has 1 amide bonds. The number of nitriles is 1. The molecule has 25 heavy (non-hydrogen) atoms. The second-order valence-electron chi connectivity index (χ2n) is 6.03. The van der Waals surface area contributed by atoms with Gasteiger partial charge < -0.3 is 9.32 Å². The molecule has 1 saturated heterocycles. The van der Waals surface area contributed by atoms with E-state index in [9.17, 15) is 14.4 Å². The molecule has 1 atom stereocenters. The highest BCUT2D eigenvalue weighted by molar-refractivity contribution is 5.91. The van der Waals surface area contributed by atoms with Crippen LogP contribution < -0.4 is 0 Å². The first kappa shape index (κ1) is 17.2. The highest BCUT2D eigenvalue weighted by atomic mass is 19.1. The maximum absolute atomic E-state index is 13.1. The SMILES string of the molecule is CCc1ccc(C(=O)N2CCN([C@H](C#N)c3ccc(F)cc3)CC2)o1. The molecule has 1 fully saturated rings. The number of hydrogen-bond acceptors (Lipinski definition) is 4. The monoisotopic (exact) mass is 341 g/mol. The summed E-state index contributed by atoms with van der Waals surface area (Å²) in [5.74, 6) is 0.721. The summed E-state index contributed by atoms with van der Waals surface area (Å²) < 4.78 is 18.6. The molecule has 5 nitrogen and oxygen atoms in total. The Bertz CT molecular complexity index is 771. The van der Waals surface area contributed by atoms with Gasteiger partial charge in [-0.15, -0.1) is 0 Å². The minimum atomic E-state index is -0.437. The van der Waals surface area contributed by atoms with Crippen LogP contribution in [0.3, 0.4) is 0 Å². The number of rotatable bonds is 4. The normalized spacial score (nSPS) is 16.4. The minimum absolute atomic E-state index is 0.116. The molecule has 0 N–H and O–H groups in total. The number of carbonyl (C=O) groups excluding carboxylic acids is 1. The molecule has 1 aliphatic heterocycles. The van der Waals surface area contributed by atoms with E-state index in [-0.39, 0.29) is 11.7 Å². The Kier molecular flexibility index (Phi) is 5.15. The molecule has 6 heteroatoms. The number of halogens is 1. The van der Waals surface area contributed by atoms with E-state index in [0.29, 0.717) is 31.9 Å². The molecule has 0 radical (unpaired) electrons. The van der Waals surface area contributed by atoms with Crippen LogP contribution in [0.5, 0.6) is 0 Å². The second kappa shape index (κ2) is 7.49. The first-order valence-corrected chi connectivity index (χ1v) is 8.39. The van der Waals surface area contributed by atoms with Gasteiger partial charge in [-0.05, 0) is 29.8 Å². The molecule has 1 aliphatic rings. The third kappa shape index (κ3) is 3.72. The van der Waals surface area contributed by atoms with Crippen LogP contribution in [0, 0.1) is 17.1 Å². The van der Waals surface area contributed by atoms with Gasteiger partial charge in [-0.2, -0.15) is 5.26 Å². The molecular weight excluding hydrogens is 321 g/mol. The van der Waals surface area contributed by atoms with Crippen LogP contribution in [0.1, 0.15) is 34.8 Å². The highest BCUT2D eigenvalue weighted by Crippen LogP contribution is 2.22. The van der Waals surface area contributed by atoms with E-state index in [1.807, 2.05) is 17.9 Å². The Morgan fingerprint density at radius 3 is 2.44 bits per heavy atom. The molecule has 0 aliphatic carbocycles. The van der Waals surface area contributed by atoms with E-state index in [1.165, 1.54) is 12.1 Å². The molecule has 2 heterocycles.